The van der Waals surface area contributed by atoms with E-state index in [0.29, 0.717) is 11.9 Å². The summed E-state index contributed by atoms with van der Waals surface area (Å²) in [5.74, 6) is 0.650. The number of hydrogen-bond acceptors (Lipinski definition) is 3. The van der Waals surface area contributed by atoms with Gasteiger partial charge in [0.2, 0.25) is 0 Å². The van der Waals surface area contributed by atoms with Crippen LogP contribution < -0.4 is 10.9 Å². The fourth-order valence-corrected chi connectivity index (χ4v) is 1.15. The van der Waals surface area contributed by atoms with Gasteiger partial charge in [0.1, 0.15) is 5.82 Å². The molecule has 0 aliphatic rings. The second-order valence-corrected chi connectivity index (χ2v) is 2.95. The van der Waals surface area contributed by atoms with Crippen molar-refractivity contribution < 1.29 is 0 Å². The number of nitrogens with one attached hydrogen (secondary N) is 2. The molecule has 1 aromatic heterocycles. The van der Waals surface area contributed by atoms with E-state index in [9.17, 15) is 4.79 Å². The van der Waals surface area contributed by atoms with E-state index in [1.807, 2.05) is 0 Å². The standard InChI is InChI=1S/C9H15N3O/c1-3-7(4-2)12-8-5-9(13)11-6-10-8/h5-7H,3-4H2,1-2H3,(H2,10,11,12,13). The van der Waals surface area contributed by atoms with Crippen LogP contribution in [0.1, 0.15) is 26.7 Å². The van der Waals surface area contributed by atoms with Crippen molar-refractivity contribution in [3.05, 3.63) is 22.7 Å². The monoisotopic (exact) mass is 181 g/mol. The van der Waals surface area contributed by atoms with Gasteiger partial charge in [0.05, 0.1) is 6.33 Å². The lowest BCUT2D eigenvalue weighted by Crippen LogP contribution is -2.19. The van der Waals surface area contributed by atoms with Gasteiger partial charge in [0, 0.05) is 12.1 Å². The van der Waals surface area contributed by atoms with E-state index in [1.165, 1.54) is 12.4 Å². The molecule has 2 N–H and O–H groups in total. The van der Waals surface area contributed by atoms with Crippen LogP contribution in [0.25, 0.3) is 0 Å². The molecule has 0 unspecified atom stereocenters. The molecule has 0 aliphatic carbocycles. The third-order valence-corrected chi connectivity index (χ3v) is 2.02. The molecule has 1 heterocycles. The van der Waals surface area contributed by atoms with Gasteiger partial charge in [0.15, 0.2) is 0 Å². The highest BCUT2D eigenvalue weighted by atomic mass is 16.1. The predicted octanol–water partition coefficient (Wildman–Crippen LogP) is 1.37. The minimum atomic E-state index is -0.122. The SMILES string of the molecule is CCC(CC)Nc1cc(=O)[nH]cn1. The summed E-state index contributed by atoms with van der Waals surface area (Å²) in [5.41, 5.74) is -0.122. The topological polar surface area (TPSA) is 57.8 Å². The second kappa shape index (κ2) is 4.64. The molecular formula is C9H15N3O. The molecule has 0 radical (unpaired) electrons. The Labute approximate surface area is 77.4 Å². The van der Waals surface area contributed by atoms with E-state index in [2.05, 4.69) is 29.1 Å². The Hall–Kier alpha value is -1.32. The third kappa shape index (κ3) is 2.89. The molecule has 1 rings (SSSR count). The Morgan fingerprint density at radius 3 is 2.77 bits per heavy atom. The highest BCUT2D eigenvalue weighted by molar-refractivity contribution is 5.32. The average Bonchev–Trinajstić information content (AvgIpc) is 2.14. The van der Waals surface area contributed by atoms with E-state index >= 15 is 0 Å². The van der Waals surface area contributed by atoms with Gasteiger partial charge in [0.25, 0.3) is 5.56 Å². The Bertz CT molecular complexity index is 304. The smallest absolute Gasteiger partial charge is 0.252 e. The van der Waals surface area contributed by atoms with E-state index in [0.717, 1.165) is 12.8 Å². The highest BCUT2D eigenvalue weighted by Gasteiger charge is 2.03. The molecule has 0 bridgehead atoms. The van der Waals surface area contributed by atoms with Crippen LogP contribution in [0.3, 0.4) is 0 Å². The van der Waals surface area contributed by atoms with Crippen LogP contribution in [0.2, 0.25) is 0 Å². The van der Waals surface area contributed by atoms with Crippen molar-refractivity contribution in [1.29, 1.82) is 0 Å². The number of aromatic amines is 1. The normalized spacial score (nSPS) is 10.4. The van der Waals surface area contributed by atoms with Crippen molar-refractivity contribution in [2.75, 3.05) is 5.32 Å². The zero-order chi connectivity index (χ0) is 9.68. The van der Waals surface area contributed by atoms with Crippen molar-refractivity contribution in [3.63, 3.8) is 0 Å². The Morgan fingerprint density at radius 2 is 2.23 bits per heavy atom. The van der Waals surface area contributed by atoms with Crippen molar-refractivity contribution in [2.45, 2.75) is 32.7 Å². The minimum Gasteiger partial charge on any atom is -0.367 e. The minimum absolute atomic E-state index is 0.122. The molecular weight excluding hydrogens is 166 g/mol. The lowest BCUT2D eigenvalue weighted by atomic mass is 10.2. The maximum Gasteiger partial charge on any atom is 0.252 e. The van der Waals surface area contributed by atoms with Crippen LogP contribution in [0.4, 0.5) is 5.82 Å². The molecule has 0 atom stereocenters. The molecule has 0 saturated heterocycles. The van der Waals surface area contributed by atoms with Gasteiger partial charge in [-0.25, -0.2) is 4.98 Å². The molecule has 0 aliphatic heterocycles. The van der Waals surface area contributed by atoms with E-state index in [4.69, 9.17) is 0 Å². The van der Waals surface area contributed by atoms with Gasteiger partial charge in [-0.05, 0) is 12.8 Å². The summed E-state index contributed by atoms with van der Waals surface area (Å²) in [6, 6.07) is 1.87. The second-order valence-electron chi connectivity index (χ2n) is 2.95. The summed E-state index contributed by atoms with van der Waals surface area (Å²) in [6.07, 6.45) is 3.48. The predicted molar refractivity (Wildman–Crippen MR) is 52.9 cm³/mol. The van der Waals surface area contributed by atoms with Crippen LogP contribution in [0.5, 0.6) is 0 Å². The van der Waals surface area contributed by atoms with Crippen LogP contribution in [-0.4, -0.2) is 16.0 Å². The van der Waals surface area contributed by atoms with Gasteiger partial charge < -0.3 is 10.3 Å². The molecule has 0 amide bonds. The van der Waals surface area contributed by atoms with Crippen molar-refractivity contribution in [3.8, 4) is 0 Å². The first-order valence-electron chi connectivity index (χ1n) is 4.57. The van der Waals surface area contributed by atoms with Crippen molar-refractivity contribution in [1.82, 2.24) is 9.97 Å². The van der Waals surface area contributed by atoms with Crippen LogP contribution in [-0.2, 0) is 0 Å². The molecule has 0 fully saturated rings. The molecule has 4 nitrogen and oxygen atoms in total. The van der Waals surface area contributed by atoms with E-state index in [1.54, 1.807) is 0 Å². The van der Waals surface area contributed by atoms with E-state index < -0.39 is 0 Å². The molecule has 4 heteroatoms. The summed E-state index contributed by atoms with van der Waals surface area (Å²) >= 11 is 0. The summed E-state index contributed by atoms with van der Waals surface area (Å²) in [4.78, 5) is 17.4. The number of H-pyrrole nitrogens is 1. The molecule has 0 saturated carbocycles. The number of nitrogens with zero attached hydrogens (tertiary/aromatic N) is 1. The zero-order valence-corrected chi connectivity index (χ0v) is 8.00. The largest absolute Gasteiger partial charge is 0.367 e. The average molecular weight is 181 g/mol. The summed E-state index contributed by atoms with van der Waals surface area (Å²) in [7, 11) is 0. The fraction of sp³-hybridized carbons (Fsp3) is 0.556. The van der Waals surface area contributed by atoms with Crippen LogP contribution in [0, 0.1) is 0 Å². The van der Waals surface area contributed by atoms with Gasteiger partial charge >= 0.3 is 0 Å². The van der Waals surface area contributed by atoms with Crippen molar-refractivity contribution in [2.24, 2.45) is 0 Å². The Morgan fingerprint density at radius 1 is 1.54 bits per heavy atom. The third-order valence-electron chi connectivity index (χ3n) is 2.02. The quantitative estimate of drug-likeness (QED) is 0.737. The molecule has 13 heavy (non-hydrogen) atoms. The first kappa shape index (κ1) is 9.77. The molecule has 1 aromatic rings. The lowest BCUT2D eigenvalue weighted by molar-refractivity contribution is 0.668. The van der Waals surface area contributed by atoms with Crippen LogP contribution >= 0.6 is 0 Å². The highest BCUT2D eigenvalue weighted by Crippen LogP contribution is 2.04. The van der Waals surface area contributed by atoms with Gasteiger partial charge in [-0.15, -0.1) is 0 Å². The fourth-order valence-electron chi connectivity index (χ4n) is 1.15. The maximum absolute atomic E-state index is 10.9. The Balaban J connectivity index is 2.68. The van der Waals surface area contributed by atoms with Gasteiger partial charge in [-0.1, -0.05) is 13.8 Å². The maximum atomic E-state index is 10.9. The summed E-state index contributed by atoms with van der Waals surface area (Å²) in [6.45, 7) is 4.21. The molecule has 72 valence electrons. The summed E-state index contributed by atoms with van der Waals surface area (Å²) < 4.78 is 0. The van der Waals surface area contributed by atoms with E-state index in [-0.39, 0.29) is 5.56 Å². The first-order valence-corrected chi connectivity index (χ1v) is 4.57. The zero-order valence-electron chi connectivity index (χ0n) is 8.00. The molecule has 0 spiro atoms. The summed E-state index contributed by atoms with van der Waals surface area (Å²) in [5, 5.41) is 3.19. The van der Waals surface area contributed by atoms with Crippen molar-refractivity contribution >= 4 is 5.82 Å². The van der Waals surface area contributed by atoms with Gasteiger partial charge in [-0.2, -0.15) is 0 Å². The van der Waals surface area contributed by atoms with Crippen LogP contribution in [0.15, 0.2) is 17.2 Å². The first-order chi connectivity index (χ1) is 6.26. The number of aromatic nitrogens is 2. The lowest BCUT2D eigenvalue weighted by Gasteiger charge is -2.14. The Kier molecular flexibility index (Phi) is 3.49. The number of anilines is 1. The number of rotatable bonds is 4. The number of hydrogen-bond donors (Lipinski definition) is 2. The molecule has 0 aromatic carbocycles. The van der Waals surface area contributed by atoms with Gasteiger partial charge in [-0.3, -0.25) is 4.79 Å².